The van der Waals surface area contributed by atoms with Crippen molar-refractivity contribution in [2.75, 3.05) is 0 Å². The van der Waals surface area contributed by atoms with E-state index in [2.05, 4.69) is 17.4 Å². The summed E-state index contributed by atoms with van der Waals surface area (Å²) in [5, 5.41) is 14.1. The smallest absolute Gasteiger partial charge is 0.335 e. The molecule has 0 aliphatic carbocycles. The van der Waals surface area contributed by atoms with Crippen LogP contribution in [0, 0.1) is 0 Å². The third-order valence-corrected chi connectivity index (χ3v) is 5.07. The number of aromatic carboxylic acids is 1. The molecule has 0 bridgehead atoms. The summed E-state index contributed by atoms with van der Waals surface area (Å²) in [5.74, 6) is -1.03. The number of benzene rings is 4. The molecular weight excluding hydrogens is 374 g/mol. The third-order valence-electron chi connectivity index (χ3n) is 5.07. The van der Waals surface area contributed by atoms with E-state index in [9.17, 15) is 9.59 Å². The van der Waals surface area contributed by atoms with Gasteiger partial charge in [0, 0.05) is 12.1 Å². The summed E-state index contributed by atoms with van der Waals surface area (Å²) in [7, 11) is 0. The van der Waals surface area contributed by atoms with E-state index in [0.717, 1.165) is 27.5 Å². The Balaban J connectivity index is 1.50. The Morgan fingerprint density at radius 3 is 2.07 bits per heavy atom. The number of fused-ring (bicyclic) bond motifs is 1. The number of hydrogen-bond donors (Lipinski definition) is 2. The van der Waals surface area contributed by atoms with Crippen LogP contribution >= 0.6 is 0 Å². The molecule has 0 aliphatic heterocycles. The van der Waals surface area contributed by atoms with E-state index < -0.39 is 5.97 Å². The molecule has 1 amide bonds. The fourth-order valence-electron chi connectivity index (χ4n) is 3.43. The van der Waals surface area contributed by atoms with Crippen molar-refractivity contribution in [1.29, 1.82) is 0 Å². The largest absolute Gasteiger partial charge is 0.478 e. The Labute approximate surface area is 174 Å². The van der Waals surface area contributed by atoms with Crippen molar-refractivity contribution in [2.24, 2.45) is 0 Å². The first kappa shape index (κ1) is 19.4. The molecular formula is C26H21NO3. The molecule has 2 N–H and O–H groups in total. The minimum Gasteiger partial charge on any atom is -0.478 e. The van der Waals surface area contributed by atoms with Gasteiger partial charge in [-0.05, 0) is 58.1 Å². The first-order valence-corrected chi connectivity index (χ1v) is 9.75. The molecule has 0 radical (unpaired) electrons. The number of amides is 1. The summed E-state index contributed by atoms with van der Waals surface area (Å²) < 4.78 is 0. The van der Waals surface area contributed by atoms with Crippen LogP contribution in [0.3, 0.4) is 0 Å². The predicted molar refractivity (Wildman–Crippen MR) is 118 cm³/mol. The van der Waals surface area contributed by atoms with Crippen LogP contribution in [0.2, 0.25) is 0 Å². The van der Waals surface area contributed by atoms with Gasteiger partial charge in [0.1, 0.15) is 0 Å². The molecule has 4 nitrogen and oxygen atoms in total. The molecule has 0 heterocycles. The molecule has 4 rings (SSSR count). The highest BCUT2D eigenvalue weighted by Crippen LogP contribution is 2.20. The average molecular weight is 395 g/mol. The molecule has 0 aromatic heterocycles. The number of hydrogen-bond acceptors (Lipinski definition) is 2. The number of carbonyl (C=O) groups excluding carboxylic acids is 1. The molecule has 0 spiro atoms. The van der Waals surface area contributed by atoms with Crippen LogP contribution in [0.1, 0.15) is 37.4 Å². The molecule has 4 aromatic rings. The summed E-state index contributed by atoms with van der Waals surface area (Å²) >= 11 is 0. The van der Waals surface area contributed by atoms with Crippen molar-refractivity contribution < 1.29 is 14.7 Å². The second-order valence-corrected chi connectivity index (χ2v) is 7.24. The summed E-state index contributed by atoms with van der Waals surface area (Å²) in [6.07, 6.45) is 0.695. The van der Waals surface area contributed by atoms with E-state index in [1.165, 1.54) is 0 Å². The minimum atomic E-state index is -0.926. The fourth-order valence-corrected chi connectivity index (χ4v) is 3.43. The van der Waals surface area contributed by atoms with E-state index in [1.54, 1.807) is 12.1 Å². The zero-order valence-electron chi connectivity index (χ0n) is 16.3. The highest BCUT2D eigenvalue weighted by molar-refractivity contribution is 5.98. The van der Waals surface area contributed by atoms with Crippen LogP contribution in [-0.4, -0.2) is 17.0 Å². The number of carboxylic acid groups (broad SMARTS) is 1. The van der Waals surface area contributed by atoms with Gasteiger partial charge in [0.15, 0.2) is 0 Å². The van der Waals surface area contributed by atoms with Gasteiger partial charge >= 0.3 is 5.97 Å². The number of rotatable bonds is 6. The Morgan fingerprint density at radius 1 is 0.667 bits per heavy atom. The standard InChI is InChI=1S/C26H21NO3/c28-25(27-17-19-4-2-1-3-5-19)23-13-12-21-9-8-20(15-24(21)16-23)14-18-6-10-22(11-7-18)26(29)30/h1-13,15-16H,14,17H2,(H,27,28)(H,29,30). The average Bonchev–Trinajstić information content (AvgIpc) is 2.78. The molecule has 0 fully saturated rings. The normalized spacial score (nSPS) is 10.7. The van der Waals surface area contributed by atoms with E-state index in [4.69, 9.17) is 5.11 Å². The van der Waals surface area contributed by atoms with Crippen molar-refractivity contribution >= 4 is 22.6 Å². The molecule has 0 aliphatic rings. The van der Waals surface area contributed by atoms with E-state index in [1.807, 2.05) is 66.7 Å². The predicted octanol–water partition coefficient (Wildman–Crippen LogP) is 5.06. The van der Waals surface area contributed by atoms with E-state index in [-0.39, 0.29) is 11.5 Å². The summed E-state index contributed by atoms with van der Waals surface area (Å²) in [4.78, 5) is 23.6. The Bertz CT molecular complexity index is 1200. The minimum absolute atomic E-state index is 0.101. The molecule has 4 heteroatoms. The summed E-state index contributed by atoms with van der Waals surface area (Å²) in [6, 6.07) is 28.6. The van der Waals surface area contributed by atoms with Gasteiger partial charge in [0.25, 0.3) is 5.91 Å². The second kappa shape index (κ2) is 8.62. The van der Waals surface area contributed by atoms with Crippen LogP contribution in [-0.2, 0) is 13.0 Å². The maximum atomic E-state index is 12.6. The fraction of sp³-hybridized carbons (Fsp3) is 0.0769. The number of carboxylic acids is 1. The maximum absolute atomic E-state index is 12.6. The molecule has 0 unspecified atom stereocenters. The highest BCUT2D eigenvalue weighted by atomic mass is 16.4. The lowest BCUT2D eigenvalue weighted by Crippen LogP contribution is -2.22. The van der Waals surface area contributed by atoms with Crippen molar-refractivity contribution in [3.05, 3.63) is 119 Å². The first-order valence-electron chi connectivity index (χ1n) is 9.75. The van der Waals surface area contributed by atoms with Gasteiger partial charge < -0.3 is 10.4 Å². The van der Waals surface area contributed by atoms with Gasteiger partial charge in [-0.1, -0.05) is 66.7 Å². The van der Waals surface area contributed by atoms with Gasteiger partial charge in [0.05, 0.1) is 5.56 Å². The van der Waals surface area contributed by atoms with Crippen LogP contribution in [0.5, 0.6) is 0 Å². The Morgan fingerprint density at radius 2 is 1.33 bits per heavy atom. The third kappa shape index (κ3) is 4.55. The highest BCUT2D eigenvalue weighted by Gasteiger charge is 2.08. The lowest BCUT2D eigenvalue weighted by molar-refractivity contribution is 0.0696. The van der Waals surface area contributed by atoms with Crippen molar-refractivity contribution in [3.8, 4) is 0 Å². The van der Waals surface area contributed by atoms with Crippen LogP contribution in [0.4, 0.5) is 0 Å². The SMILES string of the molecule is O=C(O)c1ccc(Cc2ccc3ccc(C(=O)NCc4ccccc4)cc3c2)cc1. The number of carbonyl (C=O) groups is 2. The number of nitrogens with one attached hydrogen (secondary N) is 1. The first-order chi connectivity index (χ1) is 14.6. The van der Waals surface area contributed by atoms with Gasteiger partial charge in [-0.15, -0.1) is 0 Å². The second-order valence-electron chi connectivity index (χ2n) is 7.24. The van der Waals surface area contributed by atoms with Crippen LogP contribution < -0.4 is 5.32 Å². The molecule has 0 saturated heterocycles. The van der Waals surface area contributed by atoms with Crippen LogP contribution in [0.25, 0.3) is 10.8 Å². The lowest BCUT2D eigenvalue weighted by Gasteiger charge is -2.08. The Kier molecular flexibility index (Phi) is 5.57. The van der Waals surface area contributed by atoms with Gasteiger partial charge in [-0.3, -0.25) is 4.79 Å². The topological polar surface area (TPSA) is 66.4 Å². The van der Waals surface area contributed by atoms with E-state index in [0.29, 0.717) is 18.5 Å². The quantitative estimate of drug-likeness (QED) is 0.480. The monoisotopic (exact) mass is 395 g/mol. The van der Waals surface area contributed by atoms with Gasteiger partial charge in [0.2, 0.25) is 0 Å². The lowest BCUT2D eigenvalue weighted by atomic mass is 9.99. The molecule has 0 saturated carbocycles. The van der Waals surface area contributed by atoms with Crippen LogP contribution in [0.15, 0.2) is 91.0 Å². The van der Waals surface area contributed by atoms with Gasteiger partial charge in [-0.2, -0.15) is 0 Å². The molecule has 0 atom stereocenters. The van der Waals surface area contributed by atoms with Crippen molar-refractivity contribution in [1.82, 2.24) is 5.32 Å². The van der Waals surface area contributed by atoms with E-state index >= 15 is 0 Å². The maximum Gasteiger partial charge on any atom is 0.335 e. The van der Waals surface area contributed by atoms with Crippen molar-refractivity contribution in [2.45, 2.75) is 13.0 Å². The molecule has 30 heavy (non-hydrogen) atoms. The summed E-state index contributed by atoms with van der Waals surface area (Å²) in [6.45, 7) is 0.490. The molecule has 4 aromatic carbocycles. The van der Waals surface area contributed by atoms with Crippen molar-refractivity contribution in [3.63, 3.8) is 0 Å². The van der Waals surface area contributed by atoms with Gasteiger partial charge in [-0.25, -0.2) is 4.79 Å². The summed E-state index contributed by atoms with van der Waals surface area (Å²) in [5.41, 5.74) is 4.11. The zero-order chi connectivity index (χ0) is 20.9. The Hall–Kier alpha value is -3.92. The molecule has 148 valence electrons. The zero-order valence-corrected chi connectivity index (χ0v) is 16.3.